The molecule has 0 spiro atoms. The SMILES string of the molecule is CSc1ncc2c(n1)N(C)CCN(c1cccc(-c3nnc(C)o3)c1)C2=O. The minimum atomic E-state index is -0.124. The Morgan fingerprint density at radius 1 is 1.22 bits per heavy atom. The van der Waals surface area contributed by atoms with Crippen molar-refractivity contribution in [3.05, 3.63) is 41.9 Å². The van der Waals surface area contributed by atoms with Crippen LogP contribution in [0.2, 0.25) is 0 Å². The smallest absolute Gasteiger partial charge is 0.263 e. The Bertz CT molecular complexity index is 1010. The van der Waals surface area contributed by atoms with Crippen molar-refractivity contribution in [2.75, 3.05) is 36.2 Å². The fourth-order valence-electron chi connectivity index (χ4n) is 2.97. The first-order valence-corrected chi connectivity index (χ1v) is 9.64. The van der Waals surface area contributed by atoms with Crippen molar-refractivity contribution in [1.29, 1.82) is 0 Å². The van der Waals surface area contributed by atoms with Crippen molar-refractivity contribution in [2.24, 2.45) is 0 Å². The van der Waals surface area contributed by atoms with Gasteiger partial charge in [0.05, 0.1) is 0 Å². The van der Waals surface area contributed by atoms with Crippen LogP contribution in [0.3, 0.4) is 0 Å². The first kappa shape index (κ1) is 17.5. The molecular formula is C18H18N6O2S. The molecule has 0 atom stereocenters. The Hall–Kier alpha value is -2.94. The highest BCUT2D eigenvalue weighted by atomic mass is 32.2. The molecule has 0 fully saturated rings. The van der Waals surface area contributed by atoms with Crippen LogP contribution in [-0.4, -0.2) is 52.5 Å². The number of carbonyl (C=O) groups excluding carboxylic acids is 1. The number of nitrogens with zero attached hydrogens (tertiary/aromatic N) is 6. The normalized spacial score (nSPS) is 14.3. The zero-order chi connectivity index (χ0) is 19.0. The van der Waals surface area contributed by atoms with Gasteiger partial charge in [0.2, 0.25) is 11.8 Å². The number of amides is 1. The summed E-state index contributed by atoms with van der Waals surface area (Å²) in [5.74, 6) is 1.46. The molecular weight excluding hydrogens is 364 g/mol. The maximum atomic E-state index is 13.2. The molecule has 138 valence electrons. The number of anilines is 2. The quantitative estimate of drug-likeness (QED) is 0.505. The molecule has 3 aromatic rings. The van der Waals surface area contributed by atoms with E-state index in [1.807, 2.05) is 42.5 Å². The Labute approximate surface area is 160 Å². The predicted octanol–water partition coefficient (Wildman–Crippen LogP) is 2.65. The minimum Gasteiger partial charge on any atom is -0.421 e. The zero-order valence-corrected chi connectivity index (χ0v) is 16.0. The van der Waals surface area contributed by atoms with E-state index in [0.717, 1.165) is 11.3 Å². The van der Waals surface area contributed by atoms with Crippen LogP contribution in [0.1, 0.15) is 16.2 Å². The number of hydrogen-bond acceptors (Lipinski definition) is 8. The van der Waals surface area contributed by atoms with Gasteiger partial charge in [-0.15, -0.1) is 10.2 Å². The van der Waals surface area contributed by atoms with Crippen LogP contribution in [0.5, 0.6) is 0 Å². The highest BCUT2D eigenvalue weighted by Gasteiger charge is 2.28. The van der Waals surface area contributed by atoms with Crippen molar-refractivity contribution in [1.82, 2.24) is 20.2 Å². The molecule has 0 saturated carbocycles. The van der Waals surface area contributed by atoms with Gasteiger partial charge in [-0.25, -0.2) is 9.97 Å². The average Bonchev–Trinajstić information content (AvgIpc) is 3.09. The van der Waals surface area contributed by atoms with Crippen molar-refractivity contribution in [3.63, 3.8) is 0 Å². The molecule has 1 aliphatic heterocycles. The second-order valence-electron chi connectivity index (χ2n) is 6.15. The number of carbonyl (C=O) groups is 1. The molecule has 0 saturated heterocycles. The summed E-state index contributed by atoms with van der Waals surface area (Å²) in [4.78, 5) is 25.7. The second-order valence-corrected chi connectivity index (χ2v) is 6.92. The van der Waals surface area contributed by atoms with Crippen molar-refractivity contribution < 1.29 is 9.21 Å². The summed E-state index contributed by atoms with van der Waals surface area (Å²) in [5, 5.41) is 8.57. The number of hydrogen-bond donors (Lipinski definition) is 0. The van der Waals surface area contributed by atoms with E-state index >= 15 is 0 Å². The zero-order valence-electron chi connectivity index (χ0n) is 15.2. The lowest BCUT2D eigenvalue weighted by Crippen LogP contribution is -2.33. The summed E-state index contributed by atoms with van der Waals surface area (Å²) < 4.78 is 5.51. The monoisotopic (exact) mass is 382 g/mol. The summed E-state index contributed by atoms with van der Waals surface area (Å²) in [6.45, 7) is 2.94. The Morgan fingerprint density at radius 2 is 2.07 bits per heavy atom. The molecule has 1 aromatic carbocycles. The molecule has 0 radical (unpaired) electrons. The van der Waals surface area contributed by atoms with Gasteiger partial charge < -0.3 is 14.2 Å². The molecule has 8 nitrogen and oxygen atoms in total. The van der Waals surface area contributed by atoms with E-state index in [2.05, 4.69) is 20.2 Å². The Kier molecular flexibility index (Phi) is 4.53. The Morgan fingerprint density at radius 3 is 2.81 bits per heavy atom. The summed E-state index contributed by atoms with van der Waals surface area (Å²) in [7, 11) is 1.93. The summed E-state index contributed by atoms with van der Waals surface area (Å²) >= 11 is 1.45. The number of aromatic nitrogens is 4. The van der Waals surface area contributed by atoms with E-state index in [1.165, 1.54) is 11.8 Å². The number of rotatable bonds is 3. The standard InChI is InChI=1S/C18H18N6O2S/c1-11-21-22-16(26-11)12-5-4-6-13(9-12)24-8-7-23(2)15-14(17(24)25)10-19-18(20-15)27-3/h4-6,9-10H,7-8H2,1-3H3. The fraction of sp³-hybridized carbons (Fsp3) is 0.278. The molecule has 3 heterocycles. The summed E-state index contributed by atoms with van der Waals surface area (Å²) in [6.07, 6.45) is 3.52. The molecule has 27 heavy (non-hydrogen) atoms. The Balaban J connectivity index is 1.73. The van der Waals surface area contributed by atoms with Crippen molar-refractivity contribution in [2.45, 2.75) is 12.1 Å². The number of benzene rings is 1. The highest BCUT2D eigenvalue weighted by molar-refractivity contribution is 7.98. The number of thioether (sulfide) groups is 1. The van der Waals surface area contributed by atoms with Gasteiger partial charge in [-0.1, -0.05) is 17.8 Å². The van der Waals surface area contributed by atoms with Crippen LogP contribution in [0, 0.1) is 6.92 Å². The molecule has 1 aliphatic rings. The van der Waals surface area contributed by atoms with E-state index in [-0.39, 0.29) is 5.91 Å². The number of aryl methyl sites for hydroxylation is 1. The van der Waals surface area contributed by atoms with Gasteiger partial charge in [0.25, 0.3) is 5.91 Å². The van der Waals surface area contributed by atoms with Crippen LogP contribution >= 0.6 is 11.8 Å². The maximum absolute atomic E-state index is 13.2. The lowest BCUT2D eigenvalue weighted by atomic mass is 10.1. The molecule has 0 aliphatic carbocycles. The minimum absolute atomic E-state index is 0.124. The van der Waals surface area contributed by atoms with E-state index in [0.29, 0.717) is 41.4 Å². The number of fused-ring (bicyclic) bond motifs is 1. The van der Waals surface area contributed by atoms with Gasteiger partial charge in [-0.05, 0) is 24.5 Å². The third kappa shape index (κ3) is 3.25. The van der Waals surface area contributed by atoms with E-state index in [1.54, 1.807) is 18.0 Å². The second kappa shape index (κ2) is 6.99. The first-order valence-electron chi connectivity index (χ1n) is 8.41. The molecule has 0 bridgehead atoms. The predicted molar refractivity (Wildman–Crippen MR) is 103 cm³/mol. The third-order valence-electron chi connectivity index (χ3n) is 4.36. The molecule has 0 unspecified atom stereocenters. The molecule has 4 rings (SSSR count). The van der Waals surface area contributed by atoms with Gasteiger partial charge in [0, 0.05) is 44.5 Å². The molecule has 1 amide bonds. The van der Waals surface area contributed by atoms with Crippen molar-refractivity contribution in [3.8, 4) is 11.5 Å². The van der Waals surface area contributed by atoms with Crippen molar-refractivity contribution >= 4 is 29.2 Å². The molecule has 0 N–H and O–H groups in total. The van der Waals surface area contributed by atoms with Gasteiger partial charge in [-0.2, -0.15) is 0 Å². The van der Waals surface area contributed by atoms with Crippen LogP contribution in [0.4, 0.5) is 11.5 Å². The lowest BCUT2D eigenvalue weighted by Gasteiger charge is -2.21. The maximum Gasteiger partial charge on any atom is 0.263 e. The topological polar surface area (TPSA) is 88.2 Å². The van der Waals surface area contributed by atoms with E-state index in [4.69, 9.17) is 4.42 Å². The van der Waals surface area contributed by atoms with Crippen LogP contribution in [0.25, 0.3) is 11.5 Å². The summed E-state index contributed by atoms with van der Waals surface area (Å²) in [5.41, 5.74) is 2.03. The van der Waals surface area contributed by atoms with E-state index < -0.39 is 0 Å². The molecule has 9 heteroatoms. The average molecular weight is 382 g/mol. The number of likely N-dealkylation sites (N-methyl/N-ethyl adjacent to an activating group) is 1. The van der Waals surface area contributed by atoms with Gasteiger partial charge >= 0.3 is 0 Å². The van der Waals surface area contributed by atoms with E-state index in [9.17, 15) is 4.79 Å². The van der Waals surface area contributed by atoms with Gasteiger partial charge in [-0.3, -0.25) is 4.79 Å². The van der Waals surface area contributed by atoms with Crippen LogP contribution < -0.4 is 9.80 Å². The summed E-state index contributed by atoms with van der Waals surface area (Å²) in [6, 6.07) is 7.53. The molecule has 2 aromatic heterocycles. The van der Waals surface area contributed by atoms with Crippen LogP contribution in [-0.2, 0) is 0 Å². The third-order valence-corrected chi connectivity index (χ3v) is 4.92. The largest absolute Gasteiger partial charge is 0.421 e. The fourth-order valence-corrected chi connectivity index (χ4v) is 3.30. The van der Waals surface area contributed by atoms with Gasteiger partial charge in [0.15, 0.2) is 5.16 Å². The van der Waals surface area contributed by atoms with Gasteiger partial charge in [0.1, 0.15) is 11.4 Å². The van der Waals surface area contributed by atoms with Crippen LogP contribution in [0.15, 0.2) is 40.0 Å². The lowest BCUT2D eigenvalue weighted by molar-refractivity contribution is 0.0989. The highest BCUT2D eigenvalue weighted by Crippen LogP contribution is 2.29. The first-order chi connectivity index (χ1) is 13.1.